The molecule has 186 valence electrons. The summed E-state index contributed by atoms with van der Waals surface area (Å²) in [4.78, 5) is 11.6. The summed E-state index contributed by atoms with van der Waals surface area (Å²) in [5.41, 5.74) is 1.37. The highest BCUT2D eigenvalue weighted by molar-refractivity contribution is 5.83. The van der Waals surface area contributed by atoms with E-state index in [1.165, 1.54) is 0 Å². The molecular weight excluding hydrogens is 456 g/mol. The van der Waals surface area contributed by atoms with Gasteiger partial charge in [-0.2, -0.15) is 14.9 Å². The molecule has 1 atom stereocenters. The number of anilines is 1. The predicted molar refractivity (Wildman–Crippen MR) is 135 cm³/mol. The van der Waals surface area contributed by atoms with Crippen LogP contribution in [0, 0.1) is 17.8 Å². The van der Waals surface area contributed by atoms with E-state index < -0.39 is 5.60 Å². The third kappa shape index (κ3) is 4.14. The van der Waals surface area contributed by atoms with Crippen molar-refractivity contribution in [2.75, 3.05) is 24.7 Å². The summed E-state index contributed by atoms with van der Waals surface area (Å²) in [5.74, 6) is 8.29. The number of hydrogen-bond acceptors (Lipinski definition) is 7. The number of rotatable bonds is 3. The monoisotopic (exact) mass is 486 g/mol. The fourth-order valence-corrected chi connectivity index (χ4v) is 5.29. The summed E-state index contributed by atoms with van der Waals surface area (Å²) in [5, 5.41) is 24.6. The number of ether oxygens (including phenoxy) is 1. The molecule has 0 radical (unpaired) electrons. The Morgan fingerprint density at radius 2 is 2.11 bits per heavy atom. The minimum Gasteiger partial charge on any atom is -0.385 e. The Kier molecular flexibility index (Phi) is 5.74. The first kappa shape index (κ1) is 22.8. The molecule has 0 spiro atoms. The van der Waals surface area contributed by atoms with Gasteiger partial charge >= 0.3 is 0 Å². The number of aliphatic hydroxyl groups is 1. The Hall–Kier alpha value is -3.68. The van der Waals surface area contributed by atoms with Gasteiger partial charge in [-0.15, -0.1) is 0 Å². The number of aryl methyl sites for hydroxylation is 1. The number of nitrogens with one attached hydrogen (secondary N) is 1. The van der Waals surface area contributed by atoms with Crippen molar-refractivity contribution in [3.05, 3.63) is 48.3 Å². The summed E-state index contributed by atoms with van der Waals surface area (Å²) < 4.78 is 9.28. The van der Waals surface area contributed by atoms with Gasteiger partial charge in [0.05, 0.1) is 37.4 Å². The largest absolute Gasteiger partial charge is 0.385 e. The number of pyridine rings is 1. The highest BCUT2D eigenvalue weighted by atomic mass is 16.5. The molecule has 0 unspecified atom stereocenters. The van der Waals surface area contributed by atoms with E-state index in [1.54, 1.807) is 23.4 Å². The number of aromatic nitrogens is 7. The maximum atomic E-state index is 12.0. The van der Waals surface area contributed by atoms with Crippen LogP contribution in [0.3, 0.4) is 0 Å². The van der Waals surface area contributed by atoms with Gasteiger partial charge in [0.2, 0.25) is 0 Å². The van der Waals surface area contributed by atoms with Crippen LogP contribution in [0.15, 0.2) is 37.1 Å². The lowest BCUT2D eigenvalue weighted by Gasteiger charge is -2.37. The summed E-state index contributed by atoms with van der Waals surface area (Å²) >= 11 is 0. The maximum Gasteiger partial charge on any atom is 0.177 e. The zero-order valence-corrected chi connectivity index (χ0v) is 20.6. The van der Waals surface area contributed by atoms with Crippen molar-refractivity contribution in [3.63, 3.8) is 0 Å². The van der Waals surface area contributed by atoms with Crippen LogP contribution in [0.1, 0.15) is 43.9 Å². The molecule has 4 aromatic rings. The second kappa shape index (κ2) is 9.08. The van der Waals surface area contributed by atoms with Crippen molar-refractivity contribution in [2.24, 2.45) is 13.0 Å². The summed E-state index contributed by atoms with van der Waals surface area (Å²) in [7, 11) is 1.94. The number of fused-ring (bicyclic) bond motifs is 1. The lowest BCUT2D eigenvalue weighted by Crippen LogP contribution is -2.44. The number of imidazole rings is 1. The Morgan fingerprint density at radius 1 is 1.25 bits per heavy atom. The highest BCUT2D eigenvalue weighted by Crippen LogP contribution is 2.43. The lowest BCUT2D eigenvalue weighted by atomic mass is 9.75. The van der Waals surface area contributed by atoms with Gasteiger partial charge in [-0.3, -0.25) is 5.10 Å². The Bertz CT molecular complexity index is 1420. The SMILES string of the molecule is C[C@@H]1COCCN1c1cc(C2(O)CCC(C#Cc3cn(C)cn3)CC2)c2cnn(-c3cc[nH]n3)c2n1. The van der Waals surface area contributed by atoms with E-state index in [4.69, 9.17) is 9.72 Å². The lowest BCUT2D eigenvalue weighted by molar-refractivity contribution is -0.00661. The predicted octanol–water partition coefficient (Wildman–Crippen LogP) is 2.53. The minimum absolute atomic E-state index is 0.186. The molecule has 0 amide bonds. The van der Waals surface area contributed by atoms with Crippen molar-refractivity contribution < 1.29 is 9.84 Å². The van der Waals surface area contributed by atoms with Crippen LogP contribution in [0.5, 0.6) is 0 Å². The van der Waals surface area contributed by atoms with Crippen LogP contribution < -0.4 is 4.90 Å². The van der Waals surface area contributed by atoms with Crippen molar-refractivity contribution in [2.45, 2.75) is 44.2 Å². The van der Waals surface area contributed by atoms with Gasteiger partial charge in [-0.25, -0.2) is 9.97 Å². The third-order valence-electron chi connectivity index (χ3n) is 7.32. The molecule has 1 saturated heterocycles. The molecule has 36 heavy (non-hydrogen) atoms. The van der Waals surface area contributed by atoms with E-state index in [-0.39, 0.29) is 12.0 Å². The second-order valence-corrected chi connectivity index (χ2v) is 9.87. The van der Waals surface area contributed by atoms with Crippen LogP contribution in [0.4, 0.5) is 5.82 Å². The van der Waals surface area contributed by atoms with E-state index in [1.807, 2.05) is 23.9 Å². The van der Waals surface area contributed by atoms with E-state index in [0.717, 1.165) is 41.8 Å². The molecule has 1 aliphatic carbocycles. The Morgan fingerprint density at radius 3 is 2.83 bits per heavy atom. The normalized spacial score (nSPS) is 24.6. The van der Waals surface area contributed by atoms with Crippen molar-refractivity contribution in [1.29, 1.82) is 0 Å². The maximum absolute atomic E-state index is 12.0. The number of morpholine rings is 1. The summed E-state index contributed by atoms with van der Waals surface area (Å²) in [6, 6.07) is 4.10. The molecule has 0 aromatic carbocycles. The summed E-state index contributed by atoms with van der Waals surface area (Å²) in [6.07, 6.45) is 10.1. The van der Waals surface area contributed by atoms with Gasteiger partial charge in [0.15, 0.2) is 11.5 Å². The summed E-state index contributed by atoms with van der Waals surface area (Å²) in [6.45, 7) is 4.18. The smallest absolute Gasteiger partial charge is 0.177 e. The standard InChI is InChI=1S/C26H30N8O2/c1-18-16-36-12-11-33(18)24-13-22(21-14-29-34(25(21)30-24)23-7-10-28-31-23)26(35)8-5-19(6-9-26)3-4-20-15-32(2)17-27-20/h7,10,13-15,17-19,35H,5-6,8-9,11-12,16H2,1-2H3,(H,28,31)/t18-,19?,26?/m1/s1. The van der Waals surface area contributed by atoms with Gasteiger partial charge in [0.1, 0.15) is 11.5 Å². The van der Waals surface area contributed by atoms with E-state index in [9.17, 15) is 5.11 Å². The Labute approximate surface area is 209 Å². The fourth-order valence-electron chi connectivity index (χ4n) is 5.29. The first-order valence-corrected chi connectivity index (χ1v) is 12.5. The molecule has 4 aromatic heterocycles. The van der Waals surface area contributed by atoms with Crippen LogP contribution in [-0.4, -0.2) is 65.4 Å². The molecule has 10 heteroatoms. The molecule has 2 fully saturated rings. The molecule has 0 bridgehead atoms. The van der Waals surface area contributed by atoms with E-state index in [0.29, 0.717) is 37.5 Å². The quantitative estimate of drug-likeness (QED) is 0.428. The number of hydrogen-bond donors (Lipinski definition) is 2. The molecule has 6 rings (SSSR count). The highest BCUT2D eigenvalue weighted by Gasteiger charge is 2.37. The van der Waals surface area contributed by atoms with Gasteiger partial charge in [-0.05, 0) is 50.2 Å². The van der Waals surface area contributed by atoms with Crippen molar-refractivity contribution >= 4 is 16.9 Å². The zero-order valence-electron chi connectivity index (χ0n) is 20.6. The molecule has 2 aliphatic rings. The van der Waals surface area contributed by atoms with Crippen molar-refractivity contribution in [1.82, 2.24) is 34.5 Å². The number of H-pyrrole nitrogens is 1. The second-order valence-electron chi connectivity index (χ2n) is 9.87. The third-order valence-corrected chi connectivity index (χ3v) is 7.32. The first-order chi connectivity index (χ1) is 17.5. The van der Waals surface area contributed by atoms with Gasteiger partial charge < -0.3 is 19.3 Å². The molecule has 2 N–H and O–H groups in total. The molecular formula is C26H30N8O2. The minimum atomic E-state index is -0.978. The van der Waals surface area contributed by atoms with Gasteiger partial charge in [0, 0.05) is 43.4 Å². The molecule has 1 aliphatic heterocycles. The first-order valence-electron chi connectivity index (χ1n) is 12.5. The van der Waals surface area contributed by atoms with Crippen LogP contribution >= 0.6 is 0 Å². The molecule has 10 nitrogen and oxygen atoms in total. The van der Waals surface area contributed by atoms with E-state index >= 15 is 0 Å². The molecule has 5 heterocycles. The zero-order chi connectivity index (χ0) is 24.7. The topological polar surface area (TPSA) is 110 Å². The number of nitrogens with zero attached hydrogens (tertiary/aromatic N) is 7. The average molecular weight is 487 g/mol. The van der Waals surface area contributed by atoms with E-state index in [2.05, 4.69) is 50.0 Å². The van der Waals surface area contributed by atoms with Gasteiger partial charge in [0.25, 0.3) is 0 Å². The fraction of sp³-hybridized carbons (Fsp3) is 0.462. The van der Waals surface area contributed by atoms with Crippen LogP contribution in [0.2, 0.25) is 0 Å². The van der Waals surface area contributed by atoms with Gasteiger partial charge in [-0.1, -0.05) is 5.92 Å². The van der Waals surface area contributed by atoms with Crippen molar-refractivity contribution in [3.8, 4) is 17.7 Å². The van der Waals surface area contributed by atoms with Crippen LogP contribution in [0.25, 0.3) is 16.9 Å². The Balaban J connectivity index is 1.35. The molecule has 1 saturated carbocycles. The average Bonchev–Trinajstić information content (AvgIpc) is 3.64. The number of aromatic amines is 1. The van der Waals surface area contributed by atoms with Crippen LogP contribution in [-0.2, 0) is 17.4 Å².